The Bertz CT molecular complexity index is 616. The highest BCUT2D eigenvalue weighted by Crippen LogP contribution is 2.21. The molecule has 1 atom stereocenters. The zero-order valence-electron chi connectivity index (χ0n) is 16.1. The third-order valence-corrected chi connectivity index (χ3v) is 4.64. The number of nitrogens with one attached hydrogen (secondary N) is 1. The minimum Gasteiger partial charge on any atom is -0.376 e. The molecule has 0 bridgehead atoms. The molecule has 1 unspecified atom stereocenters. The highest BCUT2D eigenvalue weighted by atomic mass is 15.1. The van der Waals surface area contributed by atoms with Gasteiger partial charge in [-0.2, -0.15) is 0 Å². The molecule has 1 aliphatic carbocycles. The summed E-state index contributed by atoms with van der Waals surface area (Å²) in [4.78, 5) is 11.9. The summed E-state index contributed by atoms with van der Waals surface area (Å²) in [5.74, 6) is 0.982. The predicted molar refractivity (Wildman–Crippen MR) is 109 cm³/mol. The van der Waals surface area contributed by atoms with E-state index in [2.05, 4.69) is 72.4 Å². The maximum Gasteiger partial charge on any atom is 0.108 e. The molecule has 4 heteroatoms. The molecule has 1 heterocycles. The van der Waals surface area contributed by atoms with Crippen LogP contribution in [0.1, 0.15) is 40.0 Å². The van der Waals surface area contributed by atoms with Crippen LogP contribution in [0.3, 0.4) is 0 Å². The summed E-state index contributed by atoms with van der Waals surface area (Å²) < 4.78 is 0. The largest absolute Gasteiger partial charge is 0.376 e. The van der Waals surface area contributed by atoms with Gasteiger partial charge in [0.1, 0.15) is 5.84 Å². The van der Waals surface area contributed by atoms with Gasteiger partial charge in [-0.25, -0.2) is 4.99 Å². The van der Waals surface area contributed by atoms with E-state index in [4.69, 9.17) is 4.99 Å². The Balaban J connectivity index is 2.23. The summed E-state index contributed by atoms with van der Waals surface area (Å²) in [6.07, 6.45) is 16.3. The lowest BCUT2D eigenvalue weighted by Gasteiger charge is -2.26. The van der Waals surface area contributed by atoms with E-state index in [9.17, 15) is 0 Å². The molecule has 0 amide bonds. The van der Waals surface area contributed by atoms with Crippen LogP contribution in [-0.4, -0.2) is 49.2 Å². The molecule has 0 spiro atoms. The van der Waals surface area contributed by atoms with Gasteiger partial charge in [-0.3, -0.25) is 9.89 Å². The quantitative estimate of drug-likeness (QED) is 0.771. The van der Waals surface area contributed by atoms with Crippen LogP contribution in [0.25, 0.3) is 0 Å². The van der Waals surface area contributed by atoms with Gasteiger partial charge in [-0.05, 0) is 44.5 Å². The molecule has 136 valence electrons. The van der Waals surface area contributed by atoms with Crippen molar-refractivity contribution in [1.82, 2.24) is 10.2 Å². The lowest BCUT2D eigenvalue weighted by Crippen LogP contribution is -2.33. The second-order valence-electron chi connectivity index (χ2n) is 6.23. The molecule has 0 radical (unpaired) electrons. The van der Waals surface area contributed by atoms with Gasteiger partial charge < -0.3 is 5.32 Å². The van der Waals surface area contributed by atoms with Crippen molar-refractivity contribution in [2.75, 3.05) is 26.7 Å². The van der Waals surface area contributed by atoms with E-state index in [1.807, 2.05) is 7.05 Å². The lowest BCUT2D eigenvalue weighted by atomic mass is 10.0. The summed E-state index contributed by atoms with van der Waals surface area (Å²) >= 11 is 0. The normalized spacial score (nSPS) is 27.5. The first-order chi connectivity index (χ1) is 12.2. The Kier molecular flexibility index (Phi) is 7.86. The number of hydrogen-bond acceptors (Lipinski definition) is 4. The fourth-order valence-corrected chi connectivity index (χ4v) is 3.26. The van der Waals surface area contributed by atoms with Crippen LogP contribution in [0.4, 0.5) is 0 Å². The van der Waals surface area contributed by atoms with E-state index in [1.165, 1.54) is 5.57 Å². The fourth-order valence-electron chi connectivity index (χ4n) is 3.26. The molecule has 2 aliphatic rings. The minimum absolute atomic E-state index is 0.480. The van der Waals surface area contributed by atoms with Gasteiger partial charge in [-0.1, -0.05) is 44.2 Å². The maximum absolute atomic E-state index is 4.78. The van der Waals surface area contributed by atoms with Crippen LogP contribution in [0.15, 0.2) is 57.7 Å². The van der Waals surface area contributed by atoms with Gasteiger partial charge in [-0.15, -0.1) is 0 Å². The van der Waals surface area contributed by atoms with Crippen molar-refractivity contribution in [1.29, 1.82) is 0 Å². The number of hydrogen-bond donors (Lipinski definition) is 1. The average molecular weight is 341 g/mol. The third-order valence-electron chi connectivity index (χ3n) is 4.64. The van der Waals surface area contributed by atoms with Gasteiger partial charge in [0.05, 0.1) is 5.70 Å². The van der Waals surface area contributed by atoms with Crippen molar-refractivity contribution in [3.8, 4) is 0 Å². The van der Waals surface area contributed by atoms with Crippen LogP contribution in [0.2, 0.25) is 0 Å². The summed E-state index contributed by atoms with van der Waals surface area (Å²) in [7, 11) is 1.93. The average Bonchev–Trinajstić information content (AvgIpc) is 2.75. The van der Waals surface area contributed by atoms with Crippen molar-refractivity contribution in [3.63, 3.8) is 0 Å². The van der Waals surface area contributed by atoms with Crippen molar-refractivity contribution >= 4 is 11.5 Å². The van der Waals surface area contributed by atoms with E-state index in [-0.39, 0.29) is 0 Å². The van der Waals surface area contributed by atoms with E-state index >= 15 is 0 Å². The van der Waals surface area contributed by atoms with E-state index in [1.54, 1.807) is 0 Å². The first-order valence-electron chi connectivity index (χ1n) is 9.49. The van der Waals surface area contributed by atoms with Crippen LogP contribution in [-0.2, 0) is 0 Å². The zero-order valence-corrected chi connectivity index (χ0v) is 16.1. The van der Waals surface area contributed by atoms with E-state index in [0.29, 0.717) is 6.04 Å². The molecule has 0 saturated heterocycles. The summed E-state index contributed by atoms with van der Waals surface area (Å²) in [5.41, 5.74) is 3.29. The SMILES string of the molecule is CC/N=C1C=C(C2=C/C/C=C/C(N(CC)CC)C/C=C\2)N=C(NC)C/1. The predicted octanol–water partition coefficient (Wildman–Crippen LogP) is 3.90. The molecule has 2 rings (SSSR count). The van der Waals surface area contributed by atoms with E-state index < -0.39 is 0 Å². The Morgan fingerprint density at radius 3 is 2.72 bits per heavy atom. The summed E-state index contributed by atoms with van der Waals surface area (Å²) in [6, 6.07) is 0.480. The van der Waals surface area contributed by atoms with Crippen molar-refractivity contribution in [3.05, 3.63) is 47.7 Å². The van der Waals surface area contributed by atoms with E-state index in [0.717, 1.165) is 56.1 Å². The molecule has 0 saturated carbocycles. The highest BCUT2D eigenvalue weighted by Gasteiger charge is 2.15. The van der Waals surface area contributed by atoms with Gasteiger partial charge >= 0.3 is 0 Å². The second kappa shape index (κ2) is 10.1. The minimum atomic E-state index is 0.480. The molecule has 0 fully saturated rings. The van der Waals surface area contributed by atoms with Gasteiger partial charge in [0.25, 0.3) is 0 Å². The number of likely N-dealkylation sites (N-methyl/N-ethyl adjacent to an activating group) is 1. The Hall–Kier alpha value is -1.94. The van der Waals surface area contributed by atoms with Crippen LogP contribution in [0, 0.1) is 0 Å². The number of aliphatic imine (C=N–C) groups is 2. The molecule has 1 aliphatic heterocycles. The maximum atomic E-state index is 4.78. The number of allylic oxidation sites excluding steroid dienone is 4. The van der Waals surface area contributed by atoms with Gasteiger partial charge in [0, 0.05) is 31.8 Å². The zero-order chi connectivity index (χ0) is 18.1. The number of rotatable bonds is 5. The Morgan fingerprint density at radius 1 is 1.24 bits per heavy atom. The lowest BCUT2D eigenvalue weighted by molar-refractivity contribution is 0.255. The number of nitrogens with zero attached hydrogens (tertiary/aromatic N) is 3. The molecule has 0 aromatic carbocycles. The molecule has 0 aromatic rings. The molecule has 1 N–H and O–H groups in total. The molecule has 25 heavy (non-hydrogen) atoms. The molecular weight excluding hydrogens is 308 g/mol. The van der Waals surface area contributed by atoms with Crippen molar-refractivity contribution in [2.24, 2.45) is 9.98 Å². The second-order valence-corrected chi connectivity index (χ2v) is 6.23. The third kappa shape index (κ3) is 5.53. The molecule has 4 nitrogen and oxygen atoms in total. The van der Waals surface area contributed by atoms with Crippen molar-refractivity contribution in [2.45, 2.75) is 46.1 Å². The standard InChI is InChI=1S/C21H32N4/c1-5-23-18-15-20(24-21(16-18)22-4)17-11-8-9-13-19(14-10-12-17)25(6-2)7-3/h9-13,15,19H,5-8,14,16H2,1-4H3,(H,22,24)/b12-10-,13-9+,17-11+,23-18-. The first kappa shape index (κ1) is 19.4. The molecule has 0 aromatic heterocycles. The summed E-state index contributed by atoms with van der Waals surface area (Å²) in [5, 5.41) is 3.20. The smallest absolute Gasteiger partial charge is 0.108 e. The van der Waals surface area contributed by atoms with Crippen LogP contribution < -0.4 is 5.32 Å². The Labute approximate surface area is 152 Å². The molecular formula is C21H32N4. The topological polar surface area (TPSA) is 40.0 Å². The van der Waals surface area contributed by atoms with Crippen LogP contribution >= 0.6 is 0 Å². The number of amidine groups is 1. The Morgan fingerprint density at radius 2 is 2.04 bits per heavy atom. The highest BCUT2D eigenvalue weighted by molar-refractivity contribution is 6.11. The summed E-state index contributed by atoms with van der Waals surface area (Å²) in [6.45, 7) is 9.50. The fraction of sp³-hybridized carbons (Fsp3) is 0.524. The first-order valence-corrected chi connectivity index (χ1v) is 9.49. The van der Waals surface area contributed by atoms with Crippen LogP contribution in [0.5, 0.6) is 0 Å². The van der Waals surface area contributed by atoms with Crippen molar-refractivity contribution < 1.29 is 0 Å². The monoisotopic (exact) mass is 340 g/mol. The van der Waals surface area contributed by atoms with Gasteiger partial charge in [0.2, 0.25) is 0 Å². The van der Waals surface area contributed by atoms with Gasteiger partial charge in [0.15, 0.2) is 0 Å².